The number of aliphatic carboxylic acids is 1. The van der Waals surface area contributed by atoms with Crippen molar-refractivity contribution in [3.63, 3.8) is 0 Å². The van der Waals surface area contributed by atoms with Crippen LogP contribution in [-0.2, 0) is 32.1 Å². The van der Waals surface area contributed by atoms with Gasteiger partial charge in [0.1, 0.15) is 30.8 Å². The first-order valence-corrected chi connectivity index (χ1v) is 15.7. The molecule has 0 spiro atoms. The Labute approximate surface area is 290 Å². The maximum absolute atomic E-state index is 13.8. The van der Waals surface area contributed by atoms with E-state index in [1.165, 1.54) is 24.3 Å². The van der Waals surface area contributed by atoms with Gasteiger partial charge < -0.3 is 40.4 Å². The van der Waals surface area contributed by atoms with Crippen molar-refractivity contribution in [3.8, 4) is 5.75 Å². The number of nitrogens with zero attached hydrogens (tertiary/aromatic N) is 4. The van der Waals surface area contributed by atoms with Crippen LogP contribution >= 0.6 is 0 Å². The van der Waals surface area contributed by atoms with Gasteiger partial charge in [0, 0.05) is 12.0 Å². The standard InChI is InChI=1S/C35H33N7O9/c1-49-23-14-12-20(13-15-23)16-24(39-35(48)50-17-21-8-4-2-5-9-21)32(45)40-25-27(43)33(51-28(25)34(46)47)42-19-38-26-29(36-18-37-30(26)42)41-31(44)22-10-6-3-7-11-22/h2-15,18-19,24-25,27-28,33,43H,16-17H2,1H3,(H,39,48)(H,40,45)(H,46,47)(H,36,37,41,44)/t24-,25-,27+,28-,33+/m0/s1. The monoisotopic (exact) mass is 695 g/mol. The molecule has 16 heteroatoms. The van der Waals surface area contributed by atoms with Crippen LogP contribution in [0.4, 0.5) is 10.6 Å². The second-order valence-corrected chi connectivity index (χ2v) is 11.5. The lowest BCUT2D eigenvalue weighted by Crippen LogP contribution is -2.56. The summed E-state index contributed by atoms with van der Waals surface area (Å²) in [7, 11) is 1.51. The second kappa shape index (κ2) is 15.4. The number of aromatic nitrogens is 4. The zero-order valence-corrected chi connectivity index (χ0v) is 27.1. The maximum atomic E-state index is 13.8. The molecule has 5 N–H and O–H groups in total. The molecule has 0 saturated carbocycles. The Morgan fingerprint density at radius 2 is 1.63 bits per heavy atom. The van der Waals surface area contributed by atoms with Gasteiger partial charge in [-0.1, -0.05) is 60.7 Å². The van der Waals surface area contributed by atoms with Crippen LogP contribution in [0, 0.1) is 0 Å². The first-order chi connectivity index (χ1) is 24.7. The molecule has 3 heterocycles. The van der Waals surface area contributed by atoms with E-state index >= 15 is 0 Å². The molecular formula is C35H33N7O9. The quantitative estimate of drug-likeness (QED) is 0.127. The minimum Gasteiger partial charge on any atom is -0.497 e. The zero-order chi connectivity index (χ0) is 35.9. The van der Waals surface area contributed by atoms with Crippen LogP contribution in [0.5, 0.6) is 5.75 Å². The number of nitrogens with one attached hydrogen (secondary N) is 3. The first-order valence-electron chi connectivity index (χ1n) is 15.7. The molecule has 0 radical (unpaired) electrons. The summed E-state index contributed by atoms with van der Waals surface area (Å²) >= 11 is 0. The second-order valence-electron chi connectivity index (χ2n) is 11.5. The molecule has 1 saturated heterocycles. The van der Waals surface area contributed by atoms with Crippen molar-refractivity contribution in [1.82, 2.24) is 30.2 Å². The molecule has 262 valence electrons. The van der Waals surface area contributed by atoms with Crippen molar-refractivity contribution in [3.05, 3.63) is 114 Å². The molecular weight excluding hydrogens is 662 g/mol. The number of carbonyl (C=O) groups is 4. The molecule has 2 aromatic heterocycles. The number of carbonyl (C=O) groups excluding carboxylic acids is 3. The maximum Gasteiger partial charge on any atom is 0.408 e. The predicted octanol–water partition coefficient (Wildman–Crippen LogP) is 2.45. The van der Waals surface area contributed by atoms with E-state index in [0.29, 0.717) is 16.9 Å². The van der Waals surface area contributed by atoms with Gasteiger partial charge in [-0.2, -0.15) is 0 Å². The number of hydrogen-bond donors (Lipinski definition) is 5. The van der Waals surface area contributed by atoms with Gasteiger partial charge in [0.2, 0.25) is 5.91 Å². The number of benzene rings is 3. The highest BCUT2D eigenvalue weighted by Crippen LogP contribution is 2.33. The molecule has 5 atom stereocenters. The normalized spacial score (nSPS) is 18.8. The van der Waals surface area contributed by atoms with E-state index in [4.69, 9.17) is 14.2 Å². The molecule has 3 aromatic carbocycles. The Hall–Kier alpha value is -6.39. The molecule has 1 fully saturated rings. The Bertz CT molecular complexity index is 2010. The van der Waals surface area contributed by atoms with Gasteiger partial charge in [0.15, 0.2) is 29.3 Å². The van der Waals surface area contributed by atoms with Crippen LogP contribution in [0.1, 0.15) is 27.7 Å². The summed E-state index contributed by atoms with van der Waals surface area (Å²) in [5.41, 5.74) is 2.03. The Kier molecular flexibility index (Phi) is 10.4. The van der Waals surface area contributed by atoms with E-state index in [9.17, 15) is 29.4 Å². The smallest absolute Gasteiger partial charge is 0.408 e. The van der Waals surface area contributed by atoms with Gasteiger partial charge in [-0.05, 0) is 35.4 Å². The van der Waals surface area contributed by atoms with Crippen molar-refractivity contribution in [1.29, 1.82) is 0 Å². The Balaban J connectivity index is 1.21. The Morgan fingerprint density at radius 1 is 0.922 bits per heavy atom. The fourth-order valence-corrected chi connectivity index (χ4v) is 5.55. The highest BCUT2D eigenvalue weighted by molar-refractivity contribution is 6.06. The van der Waals surface area contributed by atoms with E-state index in [2.05, 4.69) is 30.9 Å². The third-order valence-electron chi connectivity index (χ3n) is 8.15. The molecule has 51 heavy (non-hydrogen) atoms. The molecule has 5 aromatic rings. The highest BCUT2D eigenvalue weighted by Gasteiger charge is 2.50. The summed E-state index contributed by atoms with van der Waals surface area (Å²) in [6.07, 6.45) is -3.19. The summed E-state index contributed by atoms with van der Waals surface area (Å²) in [6.45, 7) is -0.0540. The number of carboxylic acid groups (broad SMARTS) is 1. The SMILES string of the molecule is COc1ccc(C[C@H](NC(=O)OCc2ccccc2)C(=O)N[C@H]2[C@@H](O)[C@H](n3cnc4c(NC(=O)c5ccccc5)ncnc43)O[C@@H]2C(=O)O)cc1. The number of methoxy groups -OCH3 is 1. The number of hydrogen-bond acceptors (Lipinski definition) is 11. The summed E-state index contributed by atoms with van der Waals surface area (Å²) < 4.78 is 17.6. The van der Waals surface area contributed by atoms with Gasteiger partial charge in [-0.15, -0.1) is 0 Å². The van der Waals surface area contributed by atoms with Crippen molar-refractivity contribution in [2.45, 2.75) is 43.5 Å². The third kappa shape index (κ3) is 7.92. The zero-order valence-electron chi connectivity index (χ0n) is 27.1. The predicted molar refractivity (Wildman–Crippen MR) is 179 cm³/mol. The van der Waals surface area contributed by atoms with E-state index in [1.807, 2.05) is 6.07 Å². The number of aliphatic hydroxyl groups excluding tert-OH is 1. The first kappa shape index (κ1) is 34.5. The van der Waals surface area contributed by atoms with Crippen molar-refractivity contribution in [2.24, 2.45) is 0 Å². The molecule has 0 unspecified atom stereocenters. The number of alkyl carbamates (subject to hydrolysis) is 1. The molecule has 16 nitrogen and oxygen atoms in total. The lowest BCUT2D eigenvalue weighted by atomic mass is 10.0. The van der Waals surface area contributed by atoms with Crippen LogP contribution in [0.3, 0.4) is 0 Å². The van der Waals surface area contributed by atoms with E-state index in [1.54, 1.807) is 78.9 Å². The molecule has 6 rings (SSSR count). The minimum atomic E-state index is -1.71. The topological polar surface area (TPSA) is 216 Å². The van der Waals surface area contributed by atoms with Crippen LogP contribution < -0.4 is 20.7 Å². The van der Waals surface area contributed by atoms with Crippen LogP contribution in [0.25, 0.3) is 11.2 Å². The van der Waals surface area contributed by atoms with Gasteiger partial charge in [0.05, 0.1) is 19.5 Å². The number of fused-ring (bicyclic) bond motifs is 1. The van der Waals surface area contributed by atoms with E-state index < -0.39 is 54.4 Å². The molecule has 1 aliphatic heterocycles. The average molecular weight is 696 g/mol. The van der Waals surface area contributed by atoms with Gasteiger partial charge in [0.25, 0.3) is 5.91 Å². The molecule has 3 amide bonds. The largest absolute Gasteiger partial charge is 0.497 e. The number of imidazole rings is 1. The minimum absolute atomic E-state index is 0.0122. The van der Waals surface area contributed by atoms with Crippen molar-refractivity contribution in [2.75, 3.05) is 12.4 Å². The lowest BCUT2D eigenvalue weighted by molar-refractivity contribution is -0.152. The Morgan fingerprint density at radius 3 is 2.31 bits per heavy atom. The summed E-state index contributed by atoms with van der Waals surface area (Å²) in [6, 6.07) is 21.5. The van der Waals surface area contributed by atoms with Gasteiger partial charge in [-0.3, -0.25) is 14.2 Å². The van der Waals surface area contributed by atoms with Crippen molar-refractivity contribution >= 4 is 40.9 Å². The number of amides is 3. The summed E-state index contributed by atoms with van der Waals surface area (Å²) in [4.78, 5) is 64.4. The van der Waals surface area contributed by atoms with Gasteiger partial charge >= 0.3 is 12.1 Å². The number of ether oxygens (including phenoxy) is 3. The fraction of sp³-hybridized carbons (Fsp3) is 0.229. The summed E-state index contributed by atoms with van der Waals surface area (Å²) in [5.74, 6) is -2.05. The number of rotatable bonds is 12. The highest BCUT2D eigenvalue weighted by atomic mass is 16.6. The van der Waals surface area contributed by atoms with Crippen LogP contribution in [0.15, 0.2) is 97.6 Å². The third-order valence-corrected chi connectivity index (χ3v) is 8.15. The van der Waals surface area contributed by atoms with Crippen LogP contribution in [0.2, 0.25) is 0 Å². The number of anilines is 1. The molecule has 1 aliphatic rings. The number of carboxylic acids is 1. The summed E-state index contributed by atoms with van der Waals surface area (Å²) in [5, 5.41) is 29.3. The lowest BCUT2D eigenvalue weighted by Gasteiger charge is -2.24. The molecule has 0 bridgehead atoms. The fourth-order valence-electron chi connectivity index (χ4n) is 5.55. The average Bonchev–Trinajstić information content (AvgIpc) is 3.72. The van der Waals surface area contributed by atoms with Gasteiger partial charge in [-0.25, -0.2) is 24.5 Å². The number of aliphatic hydroxyl groups is 1. The van der Waals surface area contributed by atoms with Crippen LogP contribution in [-0.4, -0.2) is 85.0 Å². The molecule has 0 aliphatic carbocycles. The van der Waals surface area contributed by atoms with E-state index in [-0.39, 0.29) is 30.0 Å². The van der Waals surface area contributed by atoms with E-state index in [0.717, 1.165) is 5.56 Å². The van der Waals surface area contributed by atoms with Crippen molar-refractivity contribution < 1.29 is 43.6 Å².